The van der Waals surface area contributed by atoms with Crippen LogP contribution < -0.4 is 0 Å². The average molecular weight is 184 g/mol. The normalized spacial score (nSPS) is 17.5. The molecule has 0 aromatic rings. The van der Waals surface area contributed by atoms with Gasteiger partial charge >= 0.3 is 0 Å². The van der Waals surface area contributed by atoms with Crippen molar-refractivity contribution in [2.24, 2.45) is 23.2 Å². The summed E-state index contributed by atoms with van der Waals surface area (Å²) < 4.78 is 0. The molecule has 0 aliphatic heterocycles. The molecule has 0 N–H and O–H groups in total. The Morgan fingerprint density at radius 3 is 1.62 bits per heavy atom. The Morgan fingerprint density at radius 2 is 1.31 bits per heavy atom. The Morgan fingerprint density at radius 1 is 0.846 bits per heavy atom. The first-order valence-electron chi connectivity index (χ1n) is 5.75. The summed E-state index contributed by atoms with van der Waals surface area (Å²) in [7, 11) is 0. The van der Waals surface area contributed by atoms with E-state index in [2.05, 4.69) is 48.5 Å². The summed E-state index contributed by atoms with van der Waals surface area (Å²) in [4.78, 5) is 0. The summed E-state index contributed by atoms with van der Waals surface area (Å²) in [5.74, 6) is 2.56. The van der Waals surface area contributed by atoms with Gasteiger partial charge in [0, 0.05) is 0 Å². The standard InChI is InChI=1S/C13H28/c1-10(2)11(3)8-9-12(4)13(5,6)7/h10-12H,8-9H2,1-7H3. The second-order valence-electron chi connectivity index (χ2n) is 6.07. The highest BCUT2D eigenvalue weighted by atomic mass is 14.3. The van der Waals surface area contributed by atoms with Crippen LogP contribution in [0.15, 0.2) is 0 Å². The molecule has 0 saturated heterocycles. The van der Waals surface area contributed by atoms with E-state index in [9.17, 15) is 0 Å². The van der Waals surface area contributed by atoms with Crippen molar-refractivity contribution in [2.45, 2.75) is 61.3 Å². The molecule has 0 heteroatoms. The van der Waals surface area contributed by atoms with Crippen LogP contribution in [0.5, 0.6) is 0 Å². The Labute approximate surface area is 85.1 Å². The van der Waals surface area contributed by atoms with Gasteiger partial charge in [0.05, 0.1) is 0 Å². The van der Waals surface area contributed by atoms with Gasteiger partial charge in [-0.2, -0.15) is 0 Å². The van der Waals surface area contributed by atoms with Crippen LogP contribution in [-0.4, -0.2) is 0 Å². The molecule has 2 atom stereocenters. The van der Waals surface area contributed by atoms with E-state index in [1.165, 1.54) is 12.8 Å². The second-order valence-corrected chi connectivity index (χ2v) is 6.07. The van der Waals surface area contributed by atoms with Crippen molar-refractivity contribution in [3.05, 3.63) is 0 Å². The lowest BCUT2D eigenvalue weighted by Crippen LogP contribution is -2.18. The zero-order valence-electron chi connectivity index (χ0n) is 10.6. The lowest BCUT2D eigenvalue weighted by Gasteiger charge is -2.28. The molecular formula is C13H28. The van der Waals surface area contributed by atoms with E-state index in [1.54, 1.807) is 0 Å². The summed E-state index contributed by atoms with van der Waals surface area (Å²) in [6.07, 6.45) is 2.76. The number of hydrogen-bond donors (Lipinski definition) is 0. The van der Waals surface area contributed by atoms with Crippen molar-refractivity contribution in [1.82, 2.24) is 0 Å². The van der Waals surface area contributed by atoms with Gasteiger partial charge in [-0.3, -0.25) is 0 Å². The van der Waals surface area contributed by atoms with Gasteiger partial charge in [-0.25, -0.2) is 0 Å². The molecule has 0 rings (SSSR count). The van der Waals surface area contributed by atoms with Crippen LogP contribution in [0.25, 0.3) is 0 Å². The fourth-order valence-corrected chi connectivity index (χ4v) is 1.28. The first-order valence-corrected chi connectivity index (χ1v) is 5.75. The predicted octanol–water partition coefficient (Wildman–Crippen LogP) is 4.74. The highest BCUT2D eigenvalue weighted by molar-refractivity contribution is 4.71. The van der Waals surface area contributed by atoms with E-state index < -0.39 is 0 Å². The maximum Gasteiger partial charge on any atom is -0.0357 e. The molecule has 0 fully saturated rings. The lowest BCUT2D eigenvalue weighted by molar-refractivity contribution is 0.222. The number of rotatable bonds is 4. The molecule has 0 amide bonds. The molecule has 0 nitrogen and oxygen atoms in total. The van der Waals surface area contributed by atoms with Crippen molar-refractivity contribution in [3.8, 4) is 0 Å². The highest BCUT2D eigenvalue weighted by Gasteiger charge is 2.20. The minimum Gasteiger partial charge on any atom is -0.0625 e. The molecule has 80 valence electrons. The van der Waals surface area contributed by atoms with Crippen LogP contribution in [0.1, 0.15) is 61.3 Å². The van der Waals surface area contributed by atoms with Gasteiger partial charge in [0.1, 0.15) is 0 Å². The summed E-state index contributed by atoms with van der Waals surface area (Å²) in [6.45, 7) is 16.4. The quantitative estimate of drug-likeness (QED) is 0.592. The Bertz CT molecular complexity index is 127. The molecule has 0 aliphatic carbocycles. The third kappa shape index (κ3) is 5.33. The highest BCUT2D eigenvalue weighted by Crippen LogP contribution is 2.31. The summed E-state index contributed by atoms with van der Waals surface area (Å²) in [6, 6.07) is 0. The van der Waals surface area contributed by atoms with E-state index in [-0.39, 0.29) is 0 Å². The molecular weight excluding hydrogens is 156 g/mol. The monoisotopic (exact) mass is 184 g/mol. The van der Waals surface area contributed by atoms with Gasteiger partial charge in [0.25, 0.3) is 0 Å². The predicted molar refractivity (Wildman–Crippen MR) is 61.9 cm³/mol. The Balaban J connectivity index is 3.77. The van der Waals surface area contributed by atoms with E-state index in [0.717, 1.165) is 17.8 Å². The van der Waals surface area contributed by atoms with Gasteiger partial charge in [-0.1, -0.05) is 54.9 Å². The average Bonchev–Trinajstić information content (AvgIpc) is 1.97. The maximum atomic E-state index is 2.38. The molecule has 0 aromatic carbocycles. The molecule has 0 radical (unpaired) electrons. The van der Waals surface area contributed by atoms with Crippen LogP contribution in [0, 0.1) is 23.2 Å². The molecule has 2 unspecified atom stereocenters. The number of hydrogen-bond acceptors (Lipinski definition) is 0. The third-order valence-electron chi connectivity index (χ3n) is 3.67. The smallest absolute Gasteiger partial charge is 0.0357 e. The topological polar surface area (TPSA) is 0 Å². The second kappa shape index (κ2) is 5.02. The zero-order valence-corrected chi connectivity index (χ0v) is 10.6. The van der Waals surface area contributed by atoms with E-state index in [1.807, 2.05) is 0 Å². The fraction of sp³-hybridized carbons (Fsp3) is 1.00. The molecule has 0 aromatic heterocycles. The van der Waals surface area contributed by atoms with Crippen molar-refractivity contribution >= 4 is 0 Å². The van der Waals surface area contributed by atoms with Crippen molar-refractivity contribution in [3.63, 3.8) is 0 Å². The molecule has 0 spiro atoms. The SMILES string of the molecule is CC(C)C(C)CCC(C)C(C)(C)C. The van der Waals surface area contributed by atoms with Crippen LogP contribution in [0.3, 0.4) is 0 Å². The van der Waals surface area contributed by atoms with Crippen molar-refractivity contribution in [2.75, 3.05) is 0 Å². The van der Waals surface area contributed by atoms with Crippen molar-refractivity contribution < 1.29 is 0 Å². The molecule has 13 heavy (non-hydrogen) atoms. The first kappa shape index (κ1) is 13.0. The van der Waals surface area contributed by atoms with Gasteiger partial charge in [0.2, 0.25) is 0 Å². The molecule has 0 aliphatic rings. The lowest BCUT2D eigenvalue weighted by atomic mass is 9.77. The molecule has 0 heterocycles. The zero-order chi connectivity index (χ0) is 10.6. The van der Waals surface area contributed by atoms with Crippen LogP contribution >= 0.6 is 0 Å². The minimum absolute atomic E-state index is 0.483. The first-order chi connectivity index (χ1) is 5.75. The minimum atomic E-state index is 0.483. The molecule has 0 saturated carbocycles. The summed E-state index contributed by atoms with van der Waals surface area (Å²) >= 11 is 0. The van der Waals surface area contributed by atoms with Crippen molar-refractivity contribution in [1.29, 1.82) is 0 Å². The largest absolute Gasteiger partial charge is 0.0625 e. The Hall–Kier alpha value is 0. The third-order valence-corrected chi connectivity index (χ3v) is 3.67. The fourth-order valence-electron chi connectivity index (χ4n) is 1.28. The van der Waals surface area contributed by atoms with E-state index in [0.29, 0.717) is 5.41 Å². The van der Waals surface area contributed by atoms with Gasteiger partial charge in [0.15, 0.2) is 0 Å². The Kier molecular flexibility index (Phi) is 5.02. The summed E-state index contributed by atoms with van der Waals surface area (Å²) in [5, 5.41) is 0. The van der Waals surface area contributed by atoms with Gasteiger partial charge in [-0.15, -0.1) is 0 Å². The maximum absolute atomic E-state index is 2.38. The van der Waals surface area contributed by atoms with Crippen LogP contribution in [0.4, 0.5) is 0 Å². The van der Waals surface area contributed by atoms with Crippen LogP contribution in [0.2, 0.25) is 0 Å². The van der Waals surface area contributed by atoms with E-state index in [4.69, 9.17) is 0 Å². The van der Waals surface area contributed by atoms with Gasteiger partial charge < -0.3 is 0 Å². The van der Waals surface area contributed by atoms with Crippen LogP contribution in [-0.2, 0) is 0 Å². The van der Waals surface area contributed by atoms with E-state index >= 15 is 0 Å². The van der Waals surface area contributed by atoms with Gasteiger partial charge in [-0.05, 0) is 29.6 Å². The molecule has 0 bridgehead atoms. The summed E-state index contributed by atoms with van der Waals surface area (Å²) in [5.41, 5.74) is 0.483.